The van der Waals surface area contributed by atoms with Gasteiger partial charge in [-0.2, -0.15) is 13.2 Å². The lowest BCUT2D eigenvalue weighted by Crippen LogP contribution is -2.46. The van der Waals surface area contributed by atoms with Crippen LogP contribution in [0.2, 0.25) is 5.15 Å². The first kappa shape index (κ1) is 19.4. The smallest absolute Gasteiger partial charge is 0.363 e. The molecule has 2 aromatic rings. The van der Waals surface area contributed by atoms with Crippen molar-refractivity contribution in [3.63, 3.8) is 0 Å². The molecule has 10 heteroatoms. The van der Waals surface area contributed by atoms with Gasteiger partial charge in [0, 0.05) is 45.0 Å². The van der Waals surface area contributed by atoms with Gasteiger partial charge in [0.2, 0.25) is 0 Å². The maximum absolute atomic E-state index is 12.8. The fourth-order valence-electron chi connectivity index (χ4n) is 3.02. The number of nitrogens with zero attached hydrogens (tertiary/aromatic N) is 4. The molecule has 1 aromatic carbocycles. The van der Waals surface area contributed by atoms with Crippen molar-refractivity contribution in [1.82, 2.24) is 9.88 Å². The molecule has 0 aliphatic carbocycles. The molecular formula is C17H16ClF3N4O2. The average molecular weight is 401 g/mol. The van der Waals surface area contributed by atoms with Gasteiger partial charge in [-0.05, 0) is 23.8 Å². The summed E-state index contributed by atoms with van der Waals surface area (Å²) in [4.78, 5) is 18.4. The third kappa shape index (κ3) is 4.67. The van der Waals surface area contributed by atoms with Crippen LogP contribution in [0.25, 0.3) is 0 Å². The molecule has 0 amide bonds. The predicted octanol–water partition coefficient (Wildman–Crippen LogP) is 3.98. The third-order valence-corrected chi connectivity index (χ3v) is 4.63. The molecule has 0 N–H and O–H groups in total. The molecule has 144 valence electrons. The van der Waals surface area contributed by atoms with E-state index in [1.54, 1.807) is 17.2 Å². The number of piperazine rings is 1. The van der Waals surface area contributed by atoms with Crippen molar-refractivity contribution in [2.45, 2.75) is 12.7 Å². The number of nitro groups is 1. The van der Waals surface area contributed by atoms with Crippen LogP contribution in [0.3, 0.4) is 0 Å². The van der Waals surface area contributed by atoms with Crippen LogP contribution in [0.4, 0.5) is 24.5 Å². The van der Waals surface area contributed by atoms with Crippen molar-refractivity contribution in [1.29, 1.82) is 0 Å². The van der Waals surface area contributed by atoms with E-state index in [-0.39, 0.29) is 5.69 Å². The zero-order chi connectivity index (χ0) is 19.6. The zero-order valence-corrected chi connectivity index (χ0v) is 14.9. The first-order chi connectivity index (χ1) is 12.7. The van der Waals surface area contributed by atoms with Gasteiger partial charge in [0.25, 0.3) is 5.69 Å². The maximum atomic E-state index is 12.8. The minimum Gasteiger partial charge on any atom is -0.363 e. The molecule has 0 saturated carbocycles. The summed E-state index contributed by atoms with van der Waals surface area (Å²) in [5.41, 5.74) is -0.346. The Kier molecular flexibility index (Phi) is 5.52. The monoisotopic (exact) mass is 400 g/mol. The standard InChI is InChI=1S/C17H16ClF3N4O2/c18-16-4-1-12(10-22-16)11-23-5-7-24(8-6-23)14-3-2-13(17(19,20)21)9-15(14)25(26)27/h1-4,9-10H,5-8,11H2. The number of hydrogen-bond donors (Lipinski definition) is 0. The quantitative estimate of drug-likeness (QED) is 0.441. The number of pyridine rings is 1. The van der Waals surface area contributed by atoms with E-state index in [0.717, 1.165) is 11.6 Å². The first-order valence-corrected chi connectivity index (χ1v) is 8.55. The number of benzene rings is 1. The Bertz CT molecular complexity index is 822. The molecule has 0 unspecified atom stereocenters. The van der Waals surface area contributed by atoms with Crippen LogP contribution in [0.1, 0.15) is 11.1 Å². The Morgan fingerprint density at radius 2 is 1.85 bits per heavy atom. The van der Waals surface area contributed by atoms with Crippen LogP contribution in [0.15, 0.2) is 36.5 Å². The lowest BCUT2D eigenvalue weighted by atomic mass is 10.1. The summed E-state index contributed by atoms with van der Waals surface area (Å²) in [6.45, 7) is 2.87. The summed E-state index contributed by atoms with van der Waals surface area (Å²) in [5, 5.41) is 11.7. The number of nitro benzene ring substituents is 1. The van der Waals surface area contributed by atoms with Gasteiger partial charge in [-0.15, -0.1) is 0 Å². The number of alkyl halides is 3. The molecule has 0 atom stereocenters. The molecule has 27 heavy (non-hydrogen) atoms. The van der Waals surface area contributed by atoms with Crippen LogP contribution >= 0.6 is 11.6 Å². The van der Waals surface area contributed by atoms with Gasteiger partial charge in [-0.25, -0.2) is 4.98 Å². The van der Waals surface area contributed by atoms with Gasteiger partial charge in [-0.1, -0.05) is 17.7 Å². The van der Waals surface area contributed by atoms with Crippen LogP contribution in [0.5, 0.6) is 0 Å². The van der Waals surface area contributed by atoms with Crippen molar-refractivity contribution in [2.24, 2.45) is 0 Å². The molecule has 1 aromatic heterocycles. The summed E-state index contributed by atoms with van der Waals surface area (Å²) in [6.07, 6.45) is -2.93. The largest absolute Gasteiger partial charge is 0.416 e. The summed E-state index contributed by atoms with van der Waals surface area (Å²) < 4.78 is 38.5. The Hall–Kier alpha value is -2.39. The maximum Gasteiger partial charge on any atom is 0.416 e. The van der Waals surface area contributed by atoms with E-state index >= 15 is 0 Å². The van der Waals surface area contributed by atoms with E-state index in [2.05, 4.69) is 9.88 Å². The molecule has 0 radical (unpaired) electrons. The Morgan fingerprint density at radius 1 is 1.15 bits per heavy atom. The number of aromatic nitrogens is 1. The minimum atomic E-state index is -4.62. The Labute approximate surface area is 158 Å². The second-order valence-corrected chi connectivity index (χ2v) is 6.60. The lowest BCUT2D eigenvalue weighted by Gasteiger charge is -2.35. The van der Waals surface area contributed by atoms with E-state index in [1.165, 1.54) is 6.07 Å². The van der Waals surface area contributed by atoms with E-state index in [1.807, 2.05) is 6.07 Å². The van der Waals surface area contributed by atoms with Gasteiger partial charge in [0.15, 0.2) is 0 Å². The Morgan fingerprint density at radius 3 is 2.41 bits per heavy atom. The molecule has 0 spiro atoms. The number of anilines is 1. The summed E-state index contributed by atoms with van der Waals surface area (Å²) in [6, 6.07) is 6.25. The number of halogens is 4. The van der Waals surface area contributed by atoms with Crippen molar-refractivity contribution in [3.8, 4) is 0 Å². The van der Waals surface area contributed by atoms with E-state index in [0.29, 0.717) is 43.9 Å². The second-order valence-electron chi connectivity index (χ2n) is 6.21. The van der Waals surface area contributed by atoms with E-state index in [4.69, 9.17) is 11.6 Å². The fraction of sp³-hybridized carbons (Fsp3) is 0.353. The van der Waals surface area contributed by atoms with Crippen molar-refractivity contribution >= 4 is 23.0 Å². The van der Waals surface area contributed by atoms with E-state index < -0.39 is 22.4 Å². The van der Waals surface area contributed by atoms with E-state index in [9.17, 15) is 23.3 Å². The molecule has 6 nitrogen and oxygen atoms in total. The van der Waals surface area contributed by atoms with Gasteiger partial charge < -0.3 is 4.90 Å². The highest BCUT2D eigenvalue weighted by Crippen LogP contribution is 2.36. The lowest BCUT2D eigenvalue weighted by molar-refractivity contribution is -0.384. The van der Waals surface area contributed by atoms with Crippen molar-refractivity contribution in [3.05, 3.63) is 62.9 Å². The Balaban J connectivity index is 1.70. The average Bonchev–Trinajstić information content (AvgIpc) is 2.63. The fourth-order valence-corrected chi connectivity index (χ4v) is 3.13. The predicted molar refractivity (Wildman–Crippen MR) is 94.8 cm³/mol. The van der Waals surface area contributed by atoms with Crippen molar-refractivity contribution in [2.75, 3.05) is 31.1 Å². The third-order valence-electron chi connectivity index (χ3n) is 4.41. The normalized spacial score (nSPS) is 15.8. The second kappa shape index (κ2) is 7.69. The van der Waals surface area contributed by atoms with Crippen molar-refractivity contribution < 1.29 is 18.1 Å². The SMILES string of the molecule is O=[N+]([O-])c1cc(C(F)(F)F)ccc1N1CCN(Cc2ccc(Cl)nc2)CC1. The number of hydrogen-bond acceptors (Lipinski definition) is 5. The topological polar surface area (TPSA) is 62.5 Å². The number of rotatable bonds is 4. The molecule has 1 aliphatic heterocycles. The molecule has 2 heterocycles. The van der Waals surface area contributed by atoms with Crippen LogP contribution in [-0.4, -0.2) is 41.0 Å². The van der Waals surface area contributed by atoms with Gasteiger partial charge in [-0.3, -0.25) is 15.0 Å². The molecule has 0 bridgehead atoms. The highest BCUT2D eigenvalue weighted by Gasteiger charge is 2.34. The molecular weight excluding hydrogens is 385 g/mol. The van der Waals surface area contributed by atoms with Crippen LogP contribution < -0.4 is 4.90 Å². The molecule has 3 rings (SSSR count). The first-order valence-electron chi connectivity index (χ1n) is 8.17. The van der Waals surface area contributed by atoms with Gasteiger partial charge >= 0.3 is 6.18 Å². The van der Waals surface area contributed by atoms with Gasteiger partial charge in [0.05, 0.1) is 10.5 Å². The van der Waals surface area contributed by atoms with Gasteiger partial charge in [0.1, 0.15) is 10.8 Å². The molecule has 1 aliphatic rings. The zero-order valence-electron chi connectivity index (χ0n) is 14.1. The summed E-state index contributed by atoms with van der Waals surface area (Å²) >= 11 is 5.76. The highest BCUT2D eigenvalue weighted by molar-refractivity contribution is 6.29. The summed E-state index contributed by atoms with van der Waals surface area (Å²) in [7, 11) is 0. The van der Waals surface area contributed by atoms with Crippen LogP contribution in [0, 0.1) is 10.1 Å². The minimum absolute atomic E-state index is 0.209. The highest BCUT2D eigenvalue weighted by atomic mass is 35.5. The summed E-state index contributed by atoms with van der Waals surface area (Å²) in [5.74, 6) is 0. The molecule has 1 saturated heterocycles. The van der Waals surface area contributed by atoms with Crippen LogP contribution in [-0.2, 0) is 12.7 Å². The molecule has 1 fully saturated rings.